The maximum Gasteiger partial charge on any atom is 0.327 e. The van der Waals surface area contributed by atoms with Gasteiger partial charge in [-0.15, -0.1) is 0 Å². The molecule has 144 valence electrons. The zero-order chi connectivity index (χ0) is 20.0. The normalized spacial score (nSPS) is 10.1. The number of methoxy groups -OCH3 is 4. The summed E-state index contributed by atoms with van der Waals surface area (Å²) in [6.45, 7) is 0.122. The van der Waals surface area contributed by atoms with E-state index < -0.39 is 16.5 Å². The fourth-order valence-corrected chi connectivity index (χ4v) is 2.62. The number of nitro groups is 1. The van der Waals surface area contributed by atoms with Crippen LogP contribution in [0.4, 0.5) is 5.69 Å². The van der Waals surface area contributed by atoms with Crippen molar-refractivity contribution >= 4 is 11.6 Å². The van der Waals surface area contributed by atoms with Crippen LogP contribution < -0.4 is 24.3 Å². The smallest absolute Gasteiger partial charge is 0.327 e. The molecule has 9 heteroatoms. The Labute approximate surface area is 155 Å². The molecular formula is C18H20N2O7. The SMILES string of the molecule is COc1ccccc1CNC(=O)c1cc(OC)c(OC)c(OC)c1[N+](=O)[O-]. The molecule has 1 amide bonds. The van der Waals surface area contributed by atoms with E-state index in [1.54, 1.807) is 24.3 Å². The second-order valence-corrected chi connectivity index (χ2v) is 5.29. The number of nitro benzene ring substituents is 1. The largest absolute Gasteiger partial charge is 0.496 e. The summed E-state index contributed by atoms with van der Waals surface area (Å²) in [6, 6.07) is 8.38. The molecule has 27 heavy (non-hydrogen) atoms. The van der Waals surface area contributed by atoms with Gasteiger partial charge in [0.25, 0.3) is 5.91 Å². The number of benzene rings is 2. The number of nitrogens with one attached hydrogen (secondary N) is 1. The van der Waals surface area contributed by atoms with E-state index in [0.29, 0.717) is 5.75 Å². The van der Waals surface area contributed by atoms with E-state index in [1.807, 2.05) is 0 Å². The number of ether oxygens (including phenoxy) is 4. The summed E-state index contributed by atoms with van der Waals surface area (Å²) >= 11 is 0. The minimum atomic E-state index is -0.696. The van der Waals surface area contributed by atoms with E-state index in [4.69, 9.17) is 18.9 Å². The third kappa shape index (κ3) is 4.02. The minimum Gasteiger partial charge on any atom is -0.496 e. The lowest BCUT2D eigenvalue weighted by atomic mass is 10.1. The molecule has 2 rings (SSSR count). The van der Waals surface area contributed by atoms with Gasteiger partial charge in [0, 0.05) is 18.2 Å². The average Bonchev–Trinajstić information content (AvgIpc) is 2.69. The van der Waals surface area contributed by atoms with Crippen LogP contribution in [0.3, 0.4) is 0 Å². The number of hydrogen-bond donors (Lipinski definition) is 1. The Morgan fingerprint density at radius 3 is 2.19 bits per heavy atom. The molecule has 0 aromatic heterocycles. The lowest BCUT2D eigenvalue weighted by Gasteiger charge is -2.15. The van der Waals surface area contributed by atoms with Gasteiger partial charge in [0.2, 0.25) is 11.5 Å². The van der Waals surface area contributed by atoms with Crippen molar-refractivity contribution in [2.24, 2.45) is 0 Å². The van der Waals surface area contributed by atoms with Crippen LogP contribution in [0.25, 0.3) is 0 Å². The summed E-state index contributed by atoms with van der Waals surface area (Å²) in [5.41, 5.74) is 0.0144. The Hall–Kier alpha value is -3.49. The van der Waals surface area contributed by atoms with Crippen molar-refractivity contribution in [1.82, 2.24) is 5.32 Å². The topological polar surface area (TPSA) is 109 Å². The lowest BCUT2D eigenvalue weighted by Crippen LogP contribution is -2.24. The summed E-state index contributed by atoms with van der Waals surface area (Å²) in [6.07, 6.45) is 0. The molecule has 0 saturated heterocycles. The second kappa shape index (κ2) is 8.75. The molecule has 1 N–H and O–H groups in total. The van der Waals surface area contributed by atoms with Gasteiger partial charge in [-0.1, -0.05) is 18.2 Å². The third-order valence-corrected chi connectivity index (χ3v) is 3.86. The van der Waals surface area contributed by atoms with Crippen LogP contribution in [0, 0.1) is 10.1 Å². The highest BCUT2D eigenvalue weighted by atomic mass is 16.6. The second-order valence-electron chi connectivity index (χ2n) is 5.29. The van der Waals surface area contributed by atoms with E-state index in [2.05, 4.69) is 5.32 Å². The summed E-state index contributed by atoms with van der Waals surface area (Å²) in [7, 11) is 5.46. The summed E-state index contributed by atoms with van der Waals surface area (Å²) in [5.74, 6) is -0.0799. The van der Waals surface area contributed by atoms with Crippen LogP contribution in [0.15, 0.2) is 30.3 Å². The van der Waals surface area contributed by atoms with Crippen LogP contribution in [-0.4, -0.2) is 39.3 Å². The van der Waals surface area contributed by atoms with E-state index >= 15 is 0 Å². The van der Waals surface area contributed by atoms with Crippen molar-refractivity contribution in [3.8, 4) is 23.0 Å². The molecule has 0 aliphatic carbocycles. The average molecular weight is 376 g/mol. The summed E-state index contributed by atoms with van der Waals surface area (Å²) in [5, 5.41) is 14.2. The Kier molecular flexibility index (Phi) is 6.42. The lowest BCUT2D eigenvalue weighted by molar-refractivity contribution is -0.386. The Morgan fingerprint density at radius 2 is 1.63 bits per heavy atom. The zero-order valence-electron chi connectivity index (χ0n) is 15.4. The maximum absolute atomic E-state index is 12.7. The van der Waals surface area contributed by atoms with Crippen molar-refractivity contribution in [2.75, 3.05) is 28.4 Å². The number of rotatable bonds is 8. The molecule has 0 bridgehead atoms. The highest BCUT2D eigenvalue weighted by Gasteiger charge is 2.32. The van der Waals surface area contributed by atoms with Gasteiger partial charge in [-0.05, 0) is 6.07 Å². The Balaban J connectivity index is 2.44. The van der Waals surface area contributed by atoms with Crippen LogP contribution in [0.5, 0.6) is 23.0 Å². The molecule has 0 saturated carbocycles. The van der Waals surface area contributed by atoms with Gasteiger partial charge in [0.15, 0.2) is 5.75 Å². The third-order valence-electron chi connectivity index (χ3n) is 3.86. The monoisotopic (exact) mass is 376 g/mol. The van der Waals surface area contributed by atoms with Crippen molar-refractivity contribution in [3.05, 3.63) is 51.6 Å². The molecule has 2 aromatic rings. The van der Waals surface area contributed by atoms with Gasteiger partial charge in [0.05, 0.1) is 33.4 Å². The minimum absolute atomic E-state index is 0.0352. The fraction of sp³-hybridized carbons (Fsp3) is 0.278. The first-order valence-corrected chi connectivity index (χ1v) is 7.85. The van der Waals surface area contributed by atoms with Crippen molar-refractivity contribution < 1.29 is 28.7 Å². The highest BCUT2D eigenvalue weighted by Crippen LogP contribution is 2.46. The van der Waals surface area contributed by atoms with E-state index in [0.717, 1.165) is 5.56 Å². The summed E-state index contributed by atoms with van der Waals surface area (Å²) < 4.78 is 20.7. The van der Waals surface area contributed by atoms with Gasteiger partial charge < -0.3 is 24.3 Å². The predicted molar refractivity (Wildman–Crippen MR) is 96.9 cm³/mol. The van der Waals surface area contributed by atoms with Crippen LogP contribution in [-0.2, 0) is 6.54 Å². The molecule has 0 aliphatic rings. The Morgan fingerprint density at radius 1 is 1.00 bits per heavy atom. The number of amides is 1. The fourth-order valence-electron chi connectivity index (χ4n) is 2.62. The molecule has 0 radical (unpaired) electrons. The van der Waals surface area contributed by atoms with Crippen molar-refractivity contribution in [3.63, 3.8) is 0 Å². The number of carbonyl (C=O) groups excluding carboxylic acids is 1. The van der Waals surface area contributed by atoms with Gasteiger partial charge in [-0.25, -0.2) is 0 Å². The predicted octanol–water partition coefficient (Wildman–Crippen LogP) is 2.56. The molecular weight excluding hydrogens is 356 g/mol. The van der Waals surface area contributed by atoms with Crippen LogP contribution in [0.2, 0.25) is 0 Å². The molecule has 2 aromatic carbocycles. The van der Waals surface area contributed by atoms with Crippen molar-refractivity contribution in [1.29, 1.82) is 0 Å². The summed E-state index contributed by atoms with van der Waals surface area (Å²) in [4.78, 5) is 23.6. The highest BCUT2D eigenvalue weighted by molar-refractivity contribution is 6.00. The van der Waals surface area contributed by atoms with Gasteiger partial charge in [-0.2, -0.15) is 0 Å². The first kappa shape index (κ1) is 19.8. The molecule has 0 atom stereocenters. The van der Waals surface area contributed by atoms with E-state index in [1.165, 1.54) is 34.5 Å². The first-order valence-electron chi connectivity index (χ1n) is 7.85. The molecule has 0 aliphatic heterocycles. The van der Waals surface area contributed by atoms with Gasteiger partial charge in [0.1, 0.15) is 11.3 Å². The van der Waals surface area contributed by atoms with Gasteiger partial charge >= 0.3 is 5.69 Å². The number of carbonyl (C=O) groups is 1. The van der Waals surface area contributed by atoms with E-state index in [-0.39, 0.29) is 29.4 Å². The molecule has 0 heterocycles. The first-order chi connectivity index (χ1) is 13.0. The zero-order valence-corrected chi connectivity index (χ0v) is 15.4. The number of para-hydroxylation sites is 1. The maximum atomic E-state index is 12.7. The number of hydrogen-bond acceptors (Lipinski definition) is 7. The van der Waals surface area contributed by atoms with E-state index in [9.17, 15) is 14.9 Å². The molecule has 0 fully saturated rings. The molecule has 0 spiro atoms. The molecule has 0 unspecified atom stereocenters. The standard InChI is InChI=1S/C18H20N2O7/c1-24-13-8-6-5-7-11(13)10-19-18(21)12-9-14(25-2)16(26-3)17(27-4)15(12)20(22)23/h5-9H,10H2,1-4H3,(H,19,21). The van der Waals surface area contributed by atoms with Crippen LogP contribution >= 0.6 is 0 Å². The quantitative estimate of drug-likeness (QED) is 0.557. The Bertz CT molecular complexity index is 852. The van der Waals surface area contributed by atoms with Gasteiger partial charge in [-0.3, -0.25) is 14.9 Å². The number of nitrogens with zero attached hydrogens (tertiary/aromatic N) is 1. The van der Waals surface area contributed by atoms with Crippen molar-refractivity contribution in [2.45, 2.75) is 6.54 Å². The van der Waals surface area contributed by atoms with Crippen LogP contribution in [0.1, 0.15) is 15.9 Å². The molecule has 9 nitrogen and oxygen atoms in total.